The molecule has 0 aliphatic rings. The lowest BCUT2D eigenvalue weighted by Gasteiger charge is -1.99. The van der Waals surface area contributed by atoms with E-state index in [0.717, 1.165) is 12.8 Å². The summed E-state index contributed by atoms with van der Waals surface area (Å²) >= 11 is 5.78. The van der Waals surface area contributed by atoms with Gasteiger partial charge in [-0.15, -0.1) is 11.6 Å². The number of hydrogen-bond acceptors (Lipinski definition) is 0. The summed E-state index contributed by atoms with van der Waals surface area (Å²) in [6, 6.07) is 4.09. The van der Waals surface area contributed by atoms with Crippen molar-refractivity contribution in [2.24, 2.45) is 0 Å². The highest BCUT2D eigenvalue weighted by molar-refractivity contribution is 6.20. The van der Waals surface area contributed by atoms with Gasteiger partial charge in [-0.25, -0.2) is 0 Å². The maximum atomic E-state index is 5.78. The molecule has 0 amide bonds. The van der Waals surface area contributed by atoms with E-state index >= 15 is 0 Å². The van der Waals surface area contributed by atoms with Gasteiger partial charge in [0.25, 0.3) is 0 Å². The minimum Gasteiger partial charge on any atom is -0.365 e. The molecule has 10 heavy (non-hydrogen) atoms. The topological polar surface area (TPSA) is 15.8 Å². The van der Waals surface area contributed by atoms with Crippen molar-refractivity contribution in [3.63, 3.8) is 0 Å². The molecule has 0 radical (unpaired) electrons. The van der Waals surface area contributed by atoms with Crippen LogP contribution in [0.1, 0.15) is 19.0 Å². The molecule has 1 aromatic heterocycles. The Bertz CT molecular complexity index is 167. The van der Waals surface area contributed by atoms with Crippen molar-refractivity contribution < 1.29 is 0 Å². The molecule has 0 aliphatic carbocycles. The fourth-order valence-corrected chi connectivity index (χ4v) is 0.987. The standard InChI is InChI=1S/C8H12ClN/c1-7(9)4-5-8-3-2-6-10-8/h2-3,6-7,10H,4-5H2,1H3. The van der Waals surface area contributed by atoms with Gasteiger partial charge in [0.1, 0.15) is 0 Å². The summed E-state index contributed by atoms with van der Waals surface area (Å²) in [6.45, 7) is 2.02. The van der Waals surface area contributed by atoms with Crippen LogP contribution in [0.25, 0.3) is 0 Å². The van der Waals surface area contributed by atoms with Gasteiger partial charge in [-0.05, 0) is 31.9 Å². The Kier molecular flexibility index (Phi) is 2.82. The Hall–Kier alpha value is -0.430. The minimum atomic E-state index is 0.281. The zero-order valence-corrected chi connectivity index (χ0v) is 6.86. The van der Waals surface area contributed by atoms with Gasteiger partial charge in [-0.1, -0.05) is 0 Å². The first-order valence-electron chi connectivity index (χ1n) is 3.55. The van der Waals surface area contributed by atoms with Gasteiger partial charge in [-0.3, -0.25) is 0 Å². The maximum Gasteiger partial charge on any atom is 0.0311 e. The zero-order valence-electron chi connectivity index (χ0n) is 6.10. The summed E-state index contributed by atoms with van der Waals surface area (Å²) in [4.78, 5) is 3.13. The summed E-state index contributed by atoms with van der Waals surface area (Å²) in [7, 11) is 0. The lowest BCUT2D eigenvalue weighted by molar-refractivity contribution is 0.788. The predicted octanol–water partition coefficient (Wildman–Crippen LogP) is 2.57. The molecule has 1 unspecified atom stereocenters. The molecule has 56 valence electrons. The molecule has 1 atom stereocenters. The SMILES string of the molecule is CC(Cl)CCc1ccc[nH]1. The number of aryl methyl sites for hydroxylation is 1. The second-order valence-corrected chi connectivity index (χ2v) is 3.26. The second kappa shape index (κ2) is 3.67. The van der Waals surface area contributed by atoms with Crippen LogP contribution in [0.4, 0.5) is 0 Å². The highest BCUT2D eigenvalue weighted by Gasteiger charge is 1.97. The number of alkyl halides is 1. The van der Waals surface area contributed by atoms with Crippen LogP contribution in [-0.4, -0.2) is 10.4 Å². The summed E-state index contributed by atoms with van der Waals surface area (Å²) in [6.07, 6.45) is 4.04. The number of aromatic nitrogens is 1. The highest BCUT2D eigenvalue weighted by Crippen LogP contribution is 2.05. The summed E-state index contributed by atoms with van der Waals surface area (Å²) in [5.74, 6) is 0. The molecule has 1 rings (SSSR count). The number of aromatic amines is 1. The minimum absolute atomic E-state index is 0.281. The zero-order chi connectivity index (χ0) is 7.40. The van der Waals surface area contributed by atoms with Crippen LogP contribution in [0.2, 0.25) is 0 Å². The van der Waals surface area contributed by atoms with Crippen molar-refractivity contribution in [3.8, 4) is 0 Å². The Morgan fingerprint density at radius 1 is 1.70 bits per heavy atom. The molecular formula is C8H12ClN. The Morgan fingerprint density at radius 3 is 3.00 bits per heavy atom. The lowest BCUT2D eigenvalue weighted by atomic mass is 10.2. The van der Waals surface area contributed by atoms with Crippen LogP contribution < -0.4 is 0 Å². The van der Waals surface area contributed by atoms with Gasteiger partial charge in [0.05, 0.1) is 0 Å². The van der Waals surface area contributed by atoms with Crippen molar-refractivity contribution in [1.82, 2.24) is 4.98 Å². The largest absolute Gasteiger partial charge is 0.365 e. The third-order valence-corrected chi connectivity index (χ3v) is 1.69. The summed E-state index contributed by atoms with van der Waals surface area (Å²) in [5, 5.41) is 0.281. The average molecular weight is 158 g/mol. The van der Waals surface area contributed by atoms with Gasteiger partial charge < -0.3 is 4.98 Å². The molecule has 1 aromatic rings. The van der Waals surface area contributed by atoms with Crippen molar-refractivity contribution in [2.75, 3.05) is 0 Å². The second-order valence-electron chi connectivity index (χ2n) is 2.51. The molecule has 0 aliphatic heterocycles. The van der Waals surface area contributed by atoms with E-state index in [4.69, 9.17) is 11.6 Å². The molecule has 0 bridgehead atoms. The van der Waals surface area contributed by atoms with E-state index < -0.39 is 0 Å². The molecule has 0 saturated carbocycles. The number of H-pyrrole nitrogens is 1. The van der Waals surface area contributed by atoms with E-state index in [1.807, 2.05) is 19.2 Å². The fourth-order valence-electron chi connectivity index (χ4n) is 0.877. The normalized spacial score (nSPS) is 13.4. The third kappa shape index (κ3) is 2.44. The van der Waals surface area contributed by atoms with Crippen molar-refractivity contribution in [2.45, 2.75) is 25.1 Å². The Labute approximate surface area is 66.4 Å². The van der Waals surface area contributed by atoms with Crippen LogP contribution in [0.5, 0.6) is 0 Å². The fraction of sp³-hybridized carbons (Fsp3) is 0.500. The molecule has 1 nitrogen and oxygen atoms in total. The maximum absolute atomic E-state index is 5.78. The van der Waals surface area contributed by atoms with E-state index in [1.54, 1.807) is 0 Å². The first kappa shape index (κ1) is 7.67. The van der Waals surface area contributed by atoms with E-state index in [-0.39, 0.29) is 5.38 Å². The van der Waals surface area contributed by atoms with Crippen LogP contribution in [-0.2, 0) is 6.42 Å². The van der Waals surface area contributed by atoms with Crippen LogP contribution in [0, 0.1) is 0 Å². The van der Waals surface area contributed by atoms with E-state index in [0.29, 0.717) is 0 Å². The molecule has 2 heteroatoms. The van der Waals surface area contributed by atoms with Gasteiger partial charge in [-0.2, -0.15) is 0 Å². The Balaban J connectivity index is 2.28. The Morgan fingerprint density at radius 2 is 2.50 bits per heavy atom. The third-order valence-electron chi connectivity index (χ3n) is 1.47. The van der Waals surface area contributed by atoms with Crippen LogP contribution >= 0.6 is 11.6 Å². The summed E-state index contributed by atoms with van der Waals surface area (Å²) < 4.78 is 0. The predicted molar refractivity (Wildman–Crippen MR) is 44.4 cm³/mol. The lowest BCUT2D eigenvalue weighted by Crippen LogP contribution is -1.94. The monoisotopic (exact) mass is 157 g/mol. The van der Waals surface area contributed by atoms with Gasteiger partial charge in [0.15, 0.2) is 0 Å². The number of rotatable bonds is 3. The number of hydrogen-bond donors (Lipinski definition) is 1. The molecular weight excluding hydrogens is 146 g/mol. The summed E-state index contributed by atoms with van der Waals surface area (Å²) in [5.41, 5.74) is 1.27. The highest BCUT2D eigenvalue weighted by atomic mass is 35.5. The van der Waals surface area contributed by atoms with Gasteiger partial charge in [0, 0.05) is 17.3 Å². The molecule has 0 spiro atoms. The first-order valence-corrected chi connectivity index (χ1v) is 3.99. The van der Waals surface area contributed by atoms with Crippen LogP contribution in [0.3, 0.4) is 0 Å². The molecule has 0 saturated heterocycles. The molecule has 0 aromatic carbocycles. The van der Waals surface area contributed by atoms with Gasteiger partial charge in [0.2, 0.25) is 0 Å². The van der Waals surface area contributed by atoms with Gasteiger partial charge >= 0.3 is 0 Å². The van der Waals surface area contributed by atoms with Crippen molar-refractivity contribution in [3.05, 3.63) is 24.0 Å². The van der Waals surface area contributed by atoms with Crippen molar-refractivity contribution >= 4 is 11.6 Å². The first-order chi connectivity index (χ1) is 4.79. The quantitative estimate of drug-likeness (QED) is 0.650. The van der Waals surface area contributed by atoms with Crippen LogP contribution in [0.15, 0.2) is 18.3 Å². The smallest absolute Gasteiger partial charge is 0.0311 e. The number of halogens is 1. The molecule has 1 N–H and O–H groups in total. The van der Waals surface area contributed by atoms with E-state index in [1.165, 1.54) is 5.69 Å². The van der Waals surface area contributed by atoms with Crippen molar-refractivity contribution in [1.29, 1.82) is 0 Å². The molecule has 0 fully saturated rings. The van der Waals surface area contributed by atoms with E-state index in [9.17, 15) is 0 Å². The number of nitrogens with one attached hydrogen (secondary N) is 1. The molecule has 1 heterocycles. The average Bonchev–Trinajstić information content (AvgIpc) is 2.34. The van der Waals surface area contributed by atoms with E-state index in [2.05, 4.69) is 11.1 Å².